The average Bonchev–Trinajstić information content (AvgIpc) is 2.56. The van der Waals surface area contributed by atoms with Crippen LogP contribution in [0.1, 0.15) is 31.7 Å². The Bertz CT molecular complexity index is 548. The largest absolute Gasteiger partial charge is 0.496 e. The van der Waals surface area contributed by atoms with Crippen molar-refractivity contribution in [2.75, 3.05) is 20.3 Å². The van der Waals surface area contributed by atoms with Gasteiger partial charge >= 0.3 is 0 Å². The van der Waals surface area contributed by atoms with Gasteiger partial charge in [0.05, 0.1) is 13.8 Å². The summed E-state index contributed by atoms with van der Waals surface area (Å²) in [5.41, 5.74) is 0.912. The van der Waals surface area contributed by atoms with Gasteiger partial charge in [0.15, 0.2) is 0 Å². The van der Waals surface area contributed by atoms with Crippen molar-refractivity contribution < 1.29 is 14.3 Å². The Labute approximate surface area is 137 Å². The summed E-state index contributed by atoms with van der Waals surface area (Å²) in [5, 5.41) is 6.14. The van der Waals surface area contributed by atoms with Crippen molar-refractivity contribution in [2.24, 2.45) is 0 Å². The molecule has 1 fully saturated rings. The molecule has 2 rings (SSSR count). The second-order valence-corrected chi connectivity index (χ2v) is 5.73. The van der Waals surface area contributed by atoms with Crippen molar-refractivity contribution in [3.8, 4) is 5.75 Å². The van der Waals surface area contributed by atoms with E-state index in [0.29, 0.717) is 19.6 Å². The Balaban J connectivity index is 1.80. The van der Waals surface area contributed by atoms with Gasteiger partial charge in [0.25, 0.3) is 0 Å². The molecule has 0 radical (unpaired) electrons. The maximum absolute atomic E-state index is 12.1. The van der Waals surface area contributed by atoms with Crippen LogP contribution in [0.3, 0.4) is 0 Å². The number of rotatable bonds is 7. The standard InChI is InChI=1S/C17H25N3O3/c1-3-6-14-9-17(22)20(12-19-14)11-16(21)18-10-13-7-4-5-8-15(13)23-2/h4-5,7-8,14,19H,3,6,9-12H2,1-2H3,(H,18,21). The van der Waals surface area contributed by atoms with Gasteiger partial charge in [-0.25, -0.2) is 0 Å². The Morgan fingerprint density at radius 2 is 2.22 bits per heavy atom. The van der Waals surface area contributed by atoms with Crippen LogP contribution in [0.2, 0.25) is 0 Å². The first kappa shape index (κ1) is 17.3. The van der Waals surface area contributed by atoms with E-state index in [1.54, 1.807) is 12.0 Å². The third-order valence-corrected chi connectivity index (χ3v) is 3.98. The number of hydrogen-bond acceptors (Lipinski definition) is 4. The van der Waals surface area contributed by atoms with Gasteiger partial charge in [0, 0.05) is 24.6 Å². The molecule has 0 aromatic heterocycles. The van der Waals surface area contributed by atoms with Crippen LogP contribution in [0.5, 0.6) is 5.75 Å². The molecule has 0 aliphatic carbocycles. The van der Waals surface area contributed by atoms with Crippen molar-refractivity contribution in [3.63, 3.8) is 0 Å². The molecular weight excluding hydrogens is 294 g/mol. The number of hydrogen-bond donors (Lipinski definition) is 2. The maximum atomic E-state index is 12.1. The fourth-order valence-corrected chi connectivity index (χ4v) is 2.71. The number of carbonyl (C=O) groups excluding carboxylic acids is 2. The van der Waals surface area contributed by atoms with Gasteiger partial charge < -0.3 is 15.0 Å². The minimum Gasteiger partial charge on any atom is -0.496 e. The number of carbonyl (C=O) groups is 2. The van der Waals surface area contributed by atoms with Crippen LogP contribution in [-0.4, -0.2) is 43.1 Å². The zero-order valence-electron chi connectivity index (χ0n) is 13.8. The molecule has 0 spiro atoms. The smallest absolute Gasteiger partial charge is 0.239 e. The van der Waals surface area contributed by atoms with Crippen LogP contribution >= 0.6 is 0 Å². The molecule has 6 heteroatoms. The number of para-hydroxylation sites is 1. The topological polar surface area (TPSA) is 70.7 Å². The Hall–Kier alpha value is -2.08. The Morgan fingerprint density at radius 1 is 1.43 bits per heavy atom. The van der Waals surface area contributed by atoms with Crippen LogP contribution in [-0.2, 0) is 16.1 Å². The SMILES string of the molecule is CCCC1CC(=O)N(CC(=O)NCc2ccccc2OC)CN1. The molecule has 126 valence electrons. The van der Waals surface area contributed by atoms with Crippen LogP contribution < -0.4 is 15.4 Å². The lowest BCUT2D eigenvalue weighted by atomic mass is 10.1. The van der Waals surface area contributed by atoms with Gasteiger partial charge in [-0.2, -0.15) is 0 Å². The molecule has 0 saturated carbocycles. The van der Waals surface area contributed by atoms with E-state index in [1.807, 2.05) is 24.3 Å². The summed E-state index contributed by atoms with van der Waals surface area (Å²) in [4.78, 5) is 25.7. The molecule has 2 N–H and O–H groups in total. The molecular formula is C17H25N3O3. The van der Waals surface area contributed by atoms with Gasteiger partial charge in [0.1, 0.15) is 12.3 Å². The number of methoxy groups -OCH3 is 1. The van der Waals surface area contributed by atoms with E-state index >= 15 is 0 Å². The molecule has 1 aliphatic heterocycles. The summed E-state index contributed by atoms with van der Waals surface area (Å²) >= 11 is 0. The van der Waals surface area contributed by atoms with Crippen LogP contribution in [0.25, 0.3) is 0 Å². The van der Waals surface area contributed by atoms with Crippen molar-refractivity contribution in [1.29, 1.82) is 0 Å². The summed E-state index contributed by atoms with van der Waals surface area (Å²) in [6.07, 6.45) is 2.50. The highest BCUT2D eigenvalue weighted by Gasteiger charge is 2.25. The van der Waals surface area contributed by atoms with Gasteiger partial charge in [-0.1, -0.05) is 31.5 Å². The Kier molecular flexibility index (Phi) is 6.40. The third kappa shape index (κ3) is 4.96. The number of amides is 2. The second kappa shape index (κ2) is 8.53. The summed E-state index contributed by atoms with van der Waals surface area (Å²) < 4.78 is 5.25. The summed E-state index contributed by atoms with van der Waals surface area (Å²) in [7, 11) is 1.60. The molecule has 1 aromatic carbocycles. The zero-order chi connectivity index (χ0) is 16.7. The molecule has 2 amide bonds. The summed E-state index contributed by atoms with van der Waals surface area (Å²) in [6.45, 7) is 3.01. The zero-order valence-corrected chi connectivity index (χ0v) is 13.8. The van der Waals surface area contributed by atoms with E-state index in [4.69, 9.17) is 4.74 Å². The molecule has 1 atom stereocenters. The van der Waals surface area contributed by atoms with Crippen molar-refractivity contribution >= 4 is 11.8 Å². The van der Waals surface area contributed by atoms with E-state index in [2.05, 4.69) is 17.6 Å². The monoisotopic (exact) mass is 319 g/mol. The van der Waals surface area contributed by atoms with Gasteiger partial charge in [-0.3, -0.25) is 14.9 Å². The van der Waals surface area contributed by atoms with Crippen LogP contribution in [0.4, 0.5) is 0 Å². The average molecular weight is 319 g/mol. The molecule has 1 aliphatic rings. The highest BCUT2D eigenvalue weighted by atomic mass is 16.5. The maximum Gasteiger partial charge on any atom is 0.239 e. The number of ether oxygens (including phenoxy) is 1. The highest BCUT2D eigenvalue weighted by Crippen LogP contribution is 2.16. The fourth-order valence-electron chi connectivity index (χ4n) is 2.71. The van der Waals surface area contributed by atoms with Gasteiger partial charge in [-0.05, 0) is 12.5 Å². The first-order chi connectivity index (χ1) is 11.1. The Morgan fingerprint density at radius 3 is 2.91 bits per heavy atom. The first-order valence-corrected chi connectivity index (χ1v) is 8.03. The van der Waals surface area contributed by atoms with Gasteiger partial charge in [-0.15, -0.1) is 0 Å². The lowest BCUT2D eigenvalue weighted by molar-refractivity contribution is -0.139. The molecule has 1 saturated heterocycles. The minimum atomic E-state index is -0.167. The van der Waals surface area contributed by atoms with E-state index in [1.165, 1.54) is 0 Å². The van der Waals surface area contributed by atoms with Crippen LogP contribution in [0.15, 0.2) is 24.3 Å². The molecule has 1 heterocycles. The predicted molar refractivity (Wildman–Crippen MR) is 87.9 cm³/mol. The quantitative estimate of drug-likeness (QED) is 0.794. The number of nitrogens with zero attached hydrogens (tertiary/aromatic N) is 1. The normalized spacial score (nSPS) is 17.9. The van der Waals surface area contributed by atoms with E-state index in [9.17, 15) is 9.59 Å². The number of benzene rings is 1. The predicted octanol–water partition coefficient (Wildman–Crippen LogP) is 1.26. The molecule has 6 nitrogen and oxygen atoms in total. The molecule has 23 heavy (non-hydrogen) atoms. The van der Waals surface area contributed by atoms with Crippen LogP contribution in [0, 0.1) is 0 Å². The molecule has 1 aromatic rings. The second-order valence-electron chi connectivity index (χ2n) is 5.73. The number of nitrogens with one attached hydrogen (secondary N) is 2. The van der Waals surface area contributed by atoms with E-state index in [0.717, 1.165) is 24.2 Å². The third-order valence-electron chi connectivity index (χ3n) is 3.98. The van der Waals surface area contributed by atoms with E-state index in [-0.39, 0.29) is 24.4 Å². The lowest BCUT2D eigenvalue weighted by Gasteiger charge is -2.32. The minimum absolute atomic E-state index is 0.0367. The fraction of sp³-hybridized carbons (Fsp3) is 0.529. The lowest BCUT2D eigenvalue weighted by Crippen LogP contribution is -2.53. The first-order valence-electron chi connectivity index (χ1n) is 8.03. The van der Waals surface area contributed by atoms with E-state index < -0.39 is 0 Å². The molecule has 0 bridgehead atoms. The highest BCUT2D eigenvalue weighted by molar-refractivity contribution is 5.85. The molecule has 1 unspecified atom stereocenters. The summed E-state index contributed by atoms with van der Waals surface area (Å²) in [5.74, 6) is 0.612. The summed E-state index contributed by atoms with van der Waals surface area (Å²) in [6, 6.07) is 7.78. The van der Waals surface area contributed by atoms with Gasteiger partial charge in [0.2, 0.25) is 11.8 Å². The van der Waals surface area contributed by atoms with Crippen molar-refractivity contribution in [1.82, 2.24) is 15.5 Å². The van der Waals surface area contributed by atoms with Crippen molar-refractivity contribution in [3.05, 3.63) is 29.8 Å². The van der Waals surface area contributed by atoms with Crippen molar-refractivity contribution in [2.45, 2.75) is 38.8 Å².